The minimum absolute atomic E-state index is 0.0511. The van der Waals surface area contributed by atoms with Gasteiger partial charge in [0.1, 0.15) is 6.61 Å². The normalized spacial score (nSPS) is 13.6. The van der Waals surface area contributed by atoms with Crippen molar-refractivity contribution in [1.82, 2.24) is 0 Å². The lowest BCUT2D eigenvalue weighted by molar-refractivity contribution is -0.161. The van der Waals surface area contributed by atoms with Gasteiger partial charge in [0.05, 0.1) is 13.2 Å². The monoisotopic (exact) mass is 1290 g/mol. The number of phosphoric acid groups is 1. The molecule has 0 spiro atoms. The topological polar surface area (TPSA) is 134 Å². The number of esters is 2. The van der Waals surface area contributed by atoms with Crippen LogP contribution in [0.15, 0.2) is 122 Å². The Morgan fingerprint density at radius 1 is 0.341 bits per heavy atom. The van der Waals surface area contributed by atoms with E-state index in [-0.39, 0.29) is 38.6 Å². The molecule has 0 fully saturated rings. The van der Waals surface area contributed by atoms with Gasteiger partial charge in [-0.1, -0.05) is 347 Å². The van der Waals surface area contributed by atoms with Gasteiger partial charge in [-0.15, -0.1) is 0 Å². The quantitative estimate of drug-likeness (QED) is 0.0264. The van der Waals surface area contributed by atoms with E-state index in [1.165, 1.54) is 218 Å². The van der Waals surface area contributed by atoms with Crippen molar-refractivity contribution in [1.29, 1.82) is 0 Å². The van der Waals surface area contributed by atoms with Gasteiger partial charge >= 0.3 is 19.8 Å². The summed E-state index contributed by atoms with van der Waals surface area (Å²) < 4.78 is 33.2. The summed E-state index contributed by atoms with van der Waals surface area (Å²) in [6, 6.07) is 0. The molecule has 0 aliphatic rings. The highest BCUT2D eigenvalue weighted by Gasteiger charge is 2.26. The largest absolute Gasteiger partial charge is 0.472 e. The Bertz CT molecular complexity index is 1910. The smallest absolute Gasteiger partial charge is 0.462 e. The van der Waals surface area contributed by atoms with E-state index in [2.05, 4.69) is 135 Å². The maximum absolute atomic E-state index is 12.8. The molecular weight excluding hydrogens is 1150 g/mol. The Morgan fingerprint density at radius 3 is 0.901 bits per heavy atom. The number of allylic oxidation sites excluding steroid dienone is 20. The van der Waals surface area contributed by atoms with E-state index >= 15 is 0 Å². The molecule has 0 aromatic carbocycles. The SMILES string of the molecule is CC/C=C\C/C=C\C/C=C\C/C=C\C/C=C\C/C=C\C/C=C\CCCCCCCCCCCCCCCCCCCCCC(=O)OC(COC(=O)CCCCCCCCCCCCCCCC/C=C\C/C=C\C/C=C\CCCCCCC)COP(=O)(O)OCCN. The van der Waals surface area contributed by atoms with Crippen molar-refractivity contribution in [2.45, 2.75) is 354 Å². The second kappa shape index (κ2) is 75.4. The van der Waals surface area contributed by atoms with Crippen molar-refractivity contribution in [3.05, 3.63) is 122 Å². The second-order valence-corrected chi connectivity index (χ2v) is 26.6. The van der Waals surface area contributed by atoms with Crippen molar-refractivity contribution in [3.63, 3.8) is 0 Å². The Morgan fingerprint density at radius 2 is 0.604 bits per heavy atom. The first-order valence-corrected chi connectivity index (χ1v) is 39.5. The van der Waals surface area contributed by atoms with Crippen LogP contribution < -0.4 is 5.73 Å². The summed E-state index contributed by atoms with van der Waals surface area (Å²) in [6.07, 6.45) is 106. The number of hydrogen-bond donors (Lipinski definition) is 2. The molecule has 0 amide bonds. The van der Waals surface area contributed by atoms with Crippen LogP contribution in [0.4, 0.5) is 0 Å². The molecule has 9 nitrogen and oxygen atoms in total. The first-order valence-electron chi connectivity index (χ1n) is 38.0. The van der Waals surface area contributed by atoms with Crippen LogP contribution in [0.2, 0.25) is 0 Å². The lowest BCUT2D eigenvalue weighted by Crippen LogP contribution is -2.29. The molecule has 2 atom stereocenters. The Balaban J connectivity index is 3.83. The highest BCUT2D eigenvalue weighted by molar-refractivity contribution is 7.47. The summed E-state index contributed by atoms with van der Waals surface area (Å²) in [7, 11) is -4.40. The zero-order valence-corrected chi connectivity index (χ0v) is 59.9. The molecule has 0 aliphatic carbocycles. The third-order valence-electron chi connectivity index (χ3n) is 16.3. The standard InChI is InChI=1S/C81H142NO8P/c1-3-5-7-9-11-13-15-17-19-21-23-25-27-29-31-33-34-35-36-37-38-39-40-41-42-43-44-46-48-50-52-54-56-58-60-62-64-66-68-70-72-74-81(84)90-79(78-89-91(85,86)88-76-75-82)77-87-80(83)73-71-69-67-65-63-61-59-57-55-53-51-49-47-45-32-30-28-26-24-22-20-18-16-14-12-10-8-6-4-2/h5,7,11,13,16-19,22-25,28-31,34-35,37-38,79H,3-4,6,8-10,12,14-15,20-21,26-27,32-33,36,39-78,82H2,1-2H3,(H,85,86)/b7-5-,13-11-,18-16-,19-17-,24-22-,25-23-,30-28-,31-29-,35-34-,38-37-. The number of rotatable bonds is 71. The lowest BCUT2D eigenvalue weighted by atomic mass is 10.0. The van der Waals surface area contributed by atoms with Crippen molar-refractivity contribution in [2.24, 2.45) is 5.73 Å². The predicted molar refractivity (Wildman–Crippen MR) is 394 cm³/mol. The molecule has 0 saturated heterocycles. The average Bonchev–Trinajstić information content (AvgIpc) is 3.74. The van der Waals surface area contributed by atoms with Crippen molar-refractivity contribution < 1.29 is 37.6 Å². The number of nitrogens with two attached hydrogens (primary N) is 1. The maximum Gasteiger partial charge on any atom is 0.472 e. The number of carbonyl (C=O) groups excluding carboxylic acids is 2. The highest BCUT2D eigenvalue weighted by atomic mass is 31.2. The molecule has 0 aromatic rings. The maximum atomic E-state index is 12.8. The Labute approximate surface area is 561 Å². The molecule has 10 heteroatoms. The molecular formula is C81H142NO8P. The first kappa shape index (κ1) is 87.4. The number of ether oxygens (including phenoxy) is 2. The summed E-state index contributed by atoms with van der Waals surface area (Å²) in [5.41, 5.74) is 5.41. The third kappa shape index (κ3) is 75.3. The van der Waals surface area contributed by atoms with E-state index in [1.807, 2.05) is 0 Å². The zero-order chi connectivity index (χ0) is 65.8. The summed E-state index contributed by atoms with van der Waals surface area (Å²) >= 11 is 0. The second-order valence-electron chi connectivity index (χ2n) is 25.1. The Hall–Kier alpha value is -3.59. The average molecular weight is 1290 g/mol. The fourth-order valence-electron chi connectivity index (χ4n) is 10.7. The first-order chi connectivity index (χ1) is 44.8. The van der Waals surface area contributed by atoms with E-state index in [1.54, 1.807) is 0 Å². The molecule has 524 valence electrons. The number of unbranched alkanes of at least 4 members (excludes halogenated alkanes) is 38. The molecule has 0 saturated carbocycles. The van der Waals surface area contributed by atoms with Crippen LogP contribution in [0.25, 0.3) is 0 Å². The third-order valence-corrected chi connectivity index (χ3v) is 17.3. The van der Waals surface area contributed by atoms with E-state index in [0.717, 1.165) is 96.3 Å². The van der Waals surface area contributed by atoms with Crippen LogP contribution in [-0.2, 0) is 32.7 Å². The van der Waals surface area contributed by atoms with Crippen LogP contribution in [0.1, 0.15) is 348 Å². The van der Waals surface area contributed by atoms with Crippen molar-refractivity contribution in [3.8, 4) is 0 Å². The highest BCUT2D eigenvalue weighted by Crippen LogP contribution is 2.43. The van der Waals surface area contributed by atoms with Crippen LogP contribution in [-0.4, -0.2) is 49.3 Å². The summed E-state index contributed by atoms with van der Waals surface area (Å²) in [5, 5.41) is 0. The molecule has 0 aromatic heterocycles. The minimum atomic E-state index is -4.40. The molecule has 91 heavy (non-hydrogen) atoms. The van der Waals surface area contributed by atoms with E-state index in [0.29, 0.717) is 6.42 Å². The van der Waals surface area contributed by atoms with Crippen LogP contribution in [0.5, 0.6) is 0 Å². The van der Waals surface area contributed by atoms with E-state index in [4.69, 9.17) is 24.3 Å². The minimum Gasteiger partial charge on any atom is -0.462 e. The molecule has 3 N–H and O–H groups in total. The van der Waals surface area contributed by atoms with E-state index in [9.17, 15) is 19.0 Å². The van der Waals surface area contributed by atoms with Gasteiger partial charge in [0, 0.05) is 19.4 Å². The molecule has 0 radical (unpaired) electrons. The summed E-state index contributed by atoms with van der Waals surface area (Å²) in [4.78, 5) is 35.4. The molecule has 0 bridgehead atoms. The molecule has 0 rings (SSSR count). The number of hydrogen-bond acceptors (Lipinski definition) is 8. The number of carbonyl (C=O) groups is 2. The van der Waals surface area contributed by atoms with Crippen LogP contribution in [0, 0.1) is 0 Å². The summed E-state index contributed by atoms with van der Waals surface area (Å²) in [6.45, 7) is 3.66. The molecule has 0 heterocycles. The zero-order valence-electron chi connectivity index (χ0n) is 59.1. The number of phosphoric ester groups is 1. The van der Waals surface area contributed by atoms with Crippen molar-refractivity contribution >= 4 is 19.8 Å². The van der Waals surface area contributed by atoms with Gasteiger partial charge in [0.2, 0.25) is 0 Å². The van der Waals surface area contributed by atoms with Gasteiger partial charge in [0.15, 0.2) is 6.10 Å². The van der Waals surface area contributed by atoms with Gasteiger partial charge in [-0.25, -0.2) is 4.57 Å². The van der Waals surface area contributed by atoms with Gasteiger partial charge in [-0.3, -0.25) is 18.6 Å². The lowest BCUT2D eigenvalue weighted by Gasteiger charge is -2.19. The van der Waals surface area contributed by atoms with Gasteiger partial charge in [-0.05, 0) is 109 Å². The van der Waals surface area contributed by atoms with Gasteiger partial charge in [0.25, 0.3) is 0 Å². The fraction of sp³-hybridized carbons (Fsp3) is 0.728. The molecule has 0 aliphatic heterocycles. The molecule has 2 unspecified atom stereocenters. The van der Waals surface area contributed by atoms with E-state index < -0.39 is 26.5 Å². The summed E-state index contributed by atoms with van der Waals surface area (Å²) in [5.74, 6) is -0.818. The van der Waals surface area contributed by atoms with Gasteiger partial charge in [-0.2, -0.15) is 0 Å². The van der Waals surface area contributed by atoms with Crippen LogP contribution >= 0.6 is 7.82 Å². The van der Waals surface area contributed by atoms with Crippen molar-refractivity contribution in [2.75, 3.05) is 26.4 Å². The van der Waals surface area contributed by atoms with Gasteiger partial charge < -0.3 is 20.1 Å². The Kier molecular flexibility index (Phi) is 72.5. The van der Waals surface area contributed by atoms with Crippen LogP contribution in [0.3, 0.4) is 0 Å². The predicted octanol–water partition coefficient (Wildman–Crippen LogP) is 25.4. The fourth-order valence-corrected chi connectivity index (χ4v) is 11.5.